The molecule has 114 valence electrons. The molecule has 1 atom stereocenters. The first-order valence-corrected chi connectivity index (χ1v) is 6.57. The highest BCUT2D eigenvalue weighted by molar-refractivity contribution is 5.46. The highest BCUT2D eigenvalue weighted by atomic mass is 19.4. The Kier molecular flexibility index (Phi) is 4.44. The van der Waals surface area contributed by atoms with E-state index in [1.165, 1.54) is 10.8 Å². The molecule has 0 radical (unpaired) electrons. The van der Waals surface area contributed by atoms with Gasteiger partial charge < -0.3 is 5.32 Å². The molecule has 2 aromatic heterocycles. The maximum absolute atomic E-state index is 12.8. The zero-order valence-corrected chi connectivity index (χ0v) is 11.6. The number of nitrogens with one attached hydrogen (secondary N) is 1. The summed E-state index contributed by atoms with van der Waals surface area (Å²) in [6.07, 6.45) is 1.07. The van der Waals surface area contributed by atoms with Gasteiger partial charge >= 0.3 is 6.18 Å². The minimum Gasteiger partial charge on any atom is -0.367 e. The van der Waals surface area contributed by atoms with Crippen LogP contribution >= 0.6 is 0 Å². The molecule has 2 aromatic rings. The lowest BCUT2D eigenvalue weighted by Gasteiger charge is -2.16. The average Bonchev–Trinajstić information content (AvgIpc) is 2.86. The number of fused-ring (bicyclic) bond motifs is 1. The number of unbranched alkanes of at least 4 members (excludes halogenated alkanes) is 1. The van der Waals surface area contributed by atoms with Crippen molar-refractivity contribution >= 4 is 11.6 Å². The molecule has 1 unspecified atom stereocenters. The van der Waals surface area contributed by atoms with Crippen LogP contribution in [-0.4, -0.2) is 25.6 Å². The Morgan fingerprint density at radius 2 is 2.24 bits per heavy atom. The second-order valence-corrected chi connectivity index (χ2v) is 4.76. The third kappa shape index (κ3) is 3.71. The number of alkyl halides is 3. The van der Waals surface area contributed by atoms with Gasteiger partial charge in [0.1, 0.15) is 12.1 Å². The van der Waals surface area contributed by atoms with Crippen molar-refractivity contribution in [2.45, 2.75) is 38.4 Å². The Morgan fingerprint density at radius 1 is 1.48 bits per heavy atom. The monoisotopic (exact) mass is 299 g/mol. The van der Waals surface area contributed by atoms with Crippen LogP contribution in [0, 0.1) is 0 Å². The molecule has 5 nitrogen and oxygen atoms in total. The van der Waals surface area contributed by atoms with Crippen LogP contribution in [0.15, 0.2) is 25.0 Å². The van der Waals surface area contributed by atoms with Gasteiger partial charge in [-0.1, -0.05) is 6.08 Å². The fourth-order valence-electron chi connectivity index (χ4n) is 1.95. The summed E-state index contributed by atoms with van der Waals surface area (Å²) in [5, 5.41) is 6.92. The summed E-state index contributed by atoms with van der Waals surface area (Å²) in [4.78, 5) is 7.18. The quantitative estimate of drug-likeness (QED) is 0.657. The molecular formula is C13H16F3N5. The van der Waals surface area contributed by atoms with Crippen LogP contribution in [0.25, 0.3) is 5.78 Å². The topological polar surface area (TPSA) is 55.1 Å². The molecular weight excluding hydrogens is 283 g/mol. The van der Waals surface area contributed by atoms with Crippen LogP contribution in [-0.2, 0) is 6.18 Å². The van der Waals surface area contributed by atoms with Crippen molar-refractivity contribution in [2.24, 2.45) is 0 Å². The first kappa shape index (κ1) is 15.3. The van der Waals surface area contributed by atoms with Gasteiger partial charge in [-0.2, -0.15) is 27.8 Å². The van der Waals surface area contributed by atoms with Crippen LogP contribution in [0.2, 0.25) is 0 Å². The van der Waals surface area contributed by atoms with E-state index in [1.807, 2.05) is 13.0 Å². The van der Waals surface area contributed by atoms with Crippen LogP contribution in [0.3, 0.4) is 0 Å². The van der Waals surface area contributed by atoms with E-state index in [0.717, 1.165) is 25.3 Å². The number of hydrogen-bond acceptors (Lipinski definition) is 4. The minimum atomic E-state index is -4.52. The van der Waals surface area contributed by atoms with Crippen molar-refractivity contribution in [1.29, 1.82) is 0 Å². The van der Waals surface area contributed by atoms with Gasteiger partial charge in [0.25, 0.3) is 5.78 Å². The molecule has 0 spiro atoms. The molecule has 0 aliphatic carbocycles. The van der Waals surface area contributed by atoms with E-state index < -0.39 is 11.9 Å². The van der Waals surface area contributed by atoms with Gasteiger partial charge in [0.05, 0.1) is 0 Å². The van der Waals surface area contributed by atoms with Crippen molar-refractivity contribution < 1.29 is 13.2 Å². The molecule has 0 aliphatic rings. The first-order valence-electron chi connectivity index (χ1n) is 6.57. The molecule has 0 fully saturated rings. The minimum absolute atomic E-state index is 0.000772. The molecule has 2 rings (SSSR count). The fourth-order valence-corrected chi connectivity index (χ4v) is 1.95. The predicted octanol–water partition coefficient (Wildman–Crippen LogP) is 3.30. The Hall–Kier alpha value is -2.12. The summed E-state index contributed by atoms with van der Waals surface area (Å²) in [5.74, 6) is 0.154. The Labute approximate surface area is 119 Å². The van der Waals surface area contributed by atoms with Gasteiger partial charge in [0.15, 0.2) is 5.69 Å². The van der Waals surface area contributed by atoms with Crippen molar-refractivity contribution in [3.05, 3.63) is 30.7 Å². The number of aromatic nitrogens is 4. The largest absolute Gasteiger partial charge is 0.433 e. The van der Waals surface area contributed by atoms with Crippen LogP contribution in [0.1, 0.15) is 31.9 Å². The van der Waals surface area contributed by atoms with E-state index in [-0.39, 0.29) is 17.6 Å². The van der Waals surface area contributed by atoms with Crippen LogP contribution in [0.5, 0.6) is 0 Å². The summed E-state index contributed by atoms with van der Waals surface area (Å²) < 4.78 is 39.8. The standard InChI is InChI=1S/C13H16F3N5/c1-3-4-5-6-9(2)19-11-7-10(13(14,15)16)20-12-17-8-18-21(11)12/h3,7-9,19H,1,4-6H2,2H3. The number of allylic oxidation sites excluding steroid dienone is 1. The zero-order valence-electron chi connectivity index (χ0n) is 11.6. The fraction of sp³-hybridized carbons (Fsp3) is 0.462. The summed E-state index contributed by atoms with van der Waals surface area (Å²) in [7, 11) is 0. The maximum atomic E-state index is 12.8. The van der Waals surface area contributed by atoms with E-state index in [0.29, 0.717) is 0 Å². The molecule has 2 heterocycles. The Morgan fingerprint density at radius 3 is 2.90 bits per heavy atom. The van der Waals surface area contributed by atoms with Crippen molar-refractivity contribution in [3.63, 3.8) is 0 Å². The number of rotatable bonds is 6. The van der Waals surface area contributed by atoms with E-state index in [1.54, 1.807) is 0 Å². The van der Waals surface area contributed by atoms with Gasteiger partial charge in [-0.3, -0.25) is 0 Å². The molecule has 8 heteroatoms. The van der Waals surface area contributed by atoms with Gasteiger partial charge in [-0.15, -0.1) is 6.58 Å². The van der Waals surface area contributed by atoms with Crippen LogP contribution in [0.4, 0.5) is 19.0 Å². The van der Waals surface area contributed by atoms with Gasteiger partial charge in [-0.05, 0) is 26.2 Å². The maximum Gasteiger partial charge on any atom is 0.433 e. The van der Waals surface area contributed by atoms with E-state index in [4.69, 9.17) is 0 Å². The Bertz CT molecular complexity index is 620. The molecule has 0 saturated carbocycles. The van der Waals surface area contributed by atoms with Gasteiger partial charge in [0.2, 0.25) is 0 Å². The predicted molar refractivity (Wildman–Crippen MR) is 72.9 cm³/mol. The average molecular weight is 299 g/mol. The second-order valence-electron chi connectivity index (χ2n) is 4.76. The van der Waals surface area contributed by atoms with Crippen LogP contribution < -0.4 is 5.32 Å². The second kappa shape index (κ2) is 6.11. The summed E-state index contributed by atoms with van der Waals surface area (Å²) in [6.45, 7) is 5.54. The smallest absolute Gasteiger partial charge is 0.367 e. The highest BCUT2D eigenvalue weighted by Gasteiger charge is 2.34. The molecule has 0 amide bonds. The third-order valence-electron chi connectivity index (χ3n) is 2.98. The van der Waals surface area contributed by atoms with Crippen molar-refractivity contribution in [3.8, 4) is 0 Å². The summed E-state index contributed by atoms with van der Waals surface area (Å²) >= 11 is 0. The molecule has 21 heavy (non-hydrogen) atoms. The number of hydrogen-bond donors (Lipinski definition) is 1. The van der Waals surface area contributed by atoms with Gasteiger partial charge in [-0.25, -0.2) is 4.98 Å². The lowest BCUT2D eigenvalue weighted by atomic mass is 10.1. The number of anilines is 1. The van der Waals surface area contributed by atoms with Crippen molar-refractivity contribution in [2.75, 3.05) is 5.32 Å². The Balaban J connectivity index is 2.25. The first-order chi connectivity index (χ1) is 9.91. The third-order valence-corrected chi connectivity index (χ3v) is 2.98. The highest BCUT2D eigenvalue weighted by Crippen LogP contribution is 2.29. The zero-order chi connectivity index (χ0) is 15.5. The van der Waals surface area contributed by atoms with E-state index >= 15 is 0 Å². The molecule has 0 aromatic carbocycles. The van der Waals surface area contributed by atoms with E-state index in [2.05, 4.69) is 27.0 Å². The molecule has 1 N–H and O–H groups in total. The SMILES string of the molecule is C=CCCCC(C)Nc1cc(C(F)(F)F)nc2ncnn12. The lowest BCUT2D eigenvalue weighted by Crippen LogP contribution is -2.19. The van der Waals surface area contributed by atoms with E-state index in [9.17, 15) is 13.2 Å². The number of nitrogens with zero attached hydrogens (tertiary/aromatic N) is 4. The van der Waals surface area contributed by atoms with Gasteiger partial charge in [0, 0.05) is 12.1 Å². The molecule has 0 saturated heterocycles. The normalized spacial score (nSPS) is 13.3. The molecule has 0 bridgehead atoms. The van der Waals surface area contributed by atoms with Crippen molar-refractivity contribution in [1.82, 2.24) is 19.6 Å². The molecule has 0 aliphatic heterocycles. The number of halogens is 3. The summed E-state index contributed by atoms with van der Waals surface area (Å²) in [6, 6.07) is 0.951. The lowest BCUT2D eigenvalue weighted by molar-refractivity contribution is -0.141. The summed E-state index contributed by atoms with van der Waals surface area (Å²) in [5.41, 5.74) is -0.983.